The van der Waals surface area contributed by atoms with E-state index in [0.717, 1.165) is 52.2 Å². The minimum absolute atomic E-state index is 0.224. The smallest absolute Gasteiger partial charge is 0.290 e. The Bertz CT molecular complexity index is 411. The molecule has 0 aliphatic carbocycles. The van der Waals surface area contributed by atoms with Crippen molar-refractivity contribution < 1.29 is 29.3 Å². The summed E-state index contributed by atoms with van der Waals surface area (Å²) in [5, 5.41) is 17.0. The molecule has 0 bridgehead atoms. The molecule has 9 heteroatoms. The number of carbonyl (C=O) groups is 3. The summed E-state index contributed by atoms with van der Waals surface area (Å²) < 4.78 is 5.44. The lowest BCUT2D eigenvalue weighted by Crippen LogP contribution is -2.50. The second-order valence-electron chi connectivity index (χ2n) is 6.92. The lowest BCUT2D eigenvalue weighted by Gasteiger charge is -2.39. The maximum absolute atomic E-state index is 12.1. The fourth-order valence-electron chi connectivity index (χ4n) is 3.88. The summed E-state index contributed by atoms with van der Waals surface area (Å²) >= 11 is 0. The Balaban J connectivity index is 0.000000540. The van der Waals surface area contributed by atoms with Crippen molar-refractivity contribution in [2.45, 2.75) is 50.6 Å². The molecule has 0 aromatic carbocycles. The highest BCUT2D eigenvalue weighted by Crippen LogP contribution is 2.20. The molecule has 3 rings (SSSR count). The molecule has 9 nitrogen and oxygen atoms in total. The predicted octanol–water partition coefficient (Wildman–Crippen LogP) is 0.243. The van der Waals surface area contributed by atoms with E-state index in [0.29, 0.717) is 18.6 Å². The standard InChI is InChI=1S/C16H29N3O2.2CH2O2/c20-16(13-18-7-1-2-8-18)17-14-3-9-19(10-4-14)15-5-11-21-12-6-15;2*2-1-3/h14-15H,1-13H2,(H,17,20);2*1H,(H,2,3). The summed E-state index contributed by atoms with van der Waals surface area (Å²) in [7, 11) is 0. The SMILES string of the molecule is O=C(CN1CCCC1)NC1CCN(C2CCOCC2)CC1.O=CO.O=CO. The zero-order valence-electron chi connectivity index (χ0n) is 15.9. The van der Waals surface area contributed by atoms with Crippen LogP contribution in [0.2, 0.25) is 0 Å². The molecule has 27 heavy (non-hydrogen) atoms. The van der Waals surface area contributed by atoms with Crippen molar-refractivity contribution in [1.29, 1.82) is 0 Å². The first kappa shape index (κ1) is 23.3. The normalized spacial score (nSPS) is 21.9. The average Bonchev–Trinajstić information content (AvgIpc) is 3.17. The Hall–Kier alpha value is -1.71. The maximum atomic E-state index is 12.1. The number of rotatable bonds is 4. The van der Waals surface area contributed by atoms with Gasteiger partial charge in [0.15, 0.2) is 0 Å². The molecule has 3 N–H and O–H groups in total. The van der Waals surface area contributed by atoms with Crippen LogP contribution in [-0.2, 0) is 19.1 Å². The van der Waals surface area contributed by atoms with E-state index in [4.69, 9.17) is 24.5 Å². The van der Waals surface area contributed by atoms with Crippen LogP contribution in [0.15, 0.2) is 0 Å². The van der Waals surface area contributed by atoms with Gasteiger partial charge in [-0.15, -0.1) is 0 Å². The number of nitrogens with zero attached hydrogens (tertiary/aromatic N) is 2. The maximum Gasteiger partial charge on any atom is 0.290 e. The Morgan fingerprint density at radius 3 is 2.00 bits per heavy atom. The Morgan fingerprint density at radius 1 is 0.963 bits per heavy atom. The van der Waals surface area contributed by atoms with E-state index in [-0.39, 0.29) is 18.9 Å². The molecule has 0 spiro atoms. The van der Waals surface area contributed by atoms with Crippen LogP contribution >= 0.6 is 0 Å². The second-order valence-corrected chi connectivity index (χ2v) is 6.92. The lowest BCUT2D eigenvalue weighted by molar-refractivity contribution is -0.123. The number of hydrogen-bond acceptors (Lipinski definition) is 6. The van der Waals surface area contributed by atoms with Gasteiger partial charge in [-0.1, -0.05) is 0 Å². The van der Waals surface area contributed by atoms with E-state index < -0.39 is 0 Å². The largest absolute Gasteiger partial charge is 0.483 e. The molecule has 3 fully saturated rings. The zero-order chi connectivity index (χ0) is 19.9. The van der Waals surface area contributed by atoms with Crippen LogP contribution < -0.4 is 5.32 Å². The van der Waals surface area contributed by atoms with Crippen LogP contribution in [-0.4, -0.2) is 96.9 Å². The summed E-state index contributed by atoms with van der Waals surface area (Å²) in [6.07, 6.45) is 7.04. The van der Waals surface area contributed by atoms with Gasteiger partial charge in [0.25, 0.3) is 12.9 Å². The molecule has 3 aliphatic rings. The molecular formula is C18H33N3O6. The number of nitrogens with one attached hydrogen (secondary N) is 1. The molecule has 3 aliphatic heterocycles. The van der Waals surface area contributed by atoms with E-state index in [2.05, 4.69) is 15.1 Å². The number of carbonyl (C=O) groups excluding carboxylic acids is 1. The zero-order valence-corrected chi connectivity index (χ0v) is 15.9. The summed E-state index contributed by atoms with van der Waals surface area (Å²) in [6, 6.07) is 1.09. The van der Waals surface area contributed by atoms with E-state index in [9.17, 15) is 4.79 Å². The van der Waals surface area contributed by atoms with Crippen molar-refractivity contribution in [2.75, 3.05) is 45.9 Å². The van der Waals surface area contributed by atoms with Crippen molar-refractivity contribution in [3.05, 3.63) is 0 Å². The number of likely N-dealkylation sites (tertiary alicyclic amines) is 2. The van der Waals surface area contributed by atoms with Gasteiger partial charge in [0.05, 0.1) is 6.54 Å². The van der Waals surface area contributed by atoms with E-state index >= 15 is 0 Å². The molecule has 0 saturated carbocycles. The molecule has 0 unspecified atom stereocenters. The van der Waals surface area contributed by atoms with Crippen LogP contribution in [0.1, 0.15) is 38.5 Å². The molecule has 156 valence electrons. The van der Waals surface area contributed by atoms with Gasteiger partial charge >= 0.3 is 0 Å². The molecule has 0 radical (unpaired) electrons. The van der Waals surface area contributed by atoms with Crippen molar-refractivity contribution in [1.82, 2.24) is 15.1 Å². The Labute approximate surface area is 160 Å². The van der Waals surface area contributed by atoms with E-state index in [1.807, 2.05) is 0 Å². The van der Waals surface area contributed by atoms with Crippen LogP contribution in [0.4, 0.5) is 0 Å². The molecule has 3 saturated heterocycles. The average molecular weight is 387 g/mol. The lowest BCUT2D eigenvalue weighted by atomic mass is 9.99. The van der Waals surface area contributed by atoms with Gasteiger partial charge < -0.3 is 25.2 Å². The van der Waals surface area contributed by atoms with Crippen LogP contribution in [0, 0.1) is 0 Å². The molecule has 1 amide bonds. The minimum atomic E-state index is -0.250. The highest BCUT2D eigenvalue weighted by atomic mass is 16.5. The molecule has 0 atom stereocenters. The number of carboxylic acid groups (broad SMARTS) is 2. The van der Waals surface area contributed by atoms with E-state index in [1.165, 1.54) is 25.7 Å². The first-order chi connectivity index (χ1) is 13.1. The molecular weight excluding hydrogens is 354 g/mol. The van der Waals surface area contributed by atoms with Crippen molar-refractivity contribution in [2.24, 2.45) is 0 Å². The predicted molar refractivity (Wildman–Crippen MR) is 99.6 cm³/mol. The quantitative estimate of drug-likeness (QED) is 0.587. The minimum Gasteiger partial charge on any atom is -0.483 e. The Kier molecular flexibility index (Phi) is 12.4. The van der Waals surface area contributed by atoms with Gasteiger partial charge in [-0.3, -0.25) is 19.3 Å². The van der Waals surface area contributed by atoms with Gasteiger partial charge in [0.1, 0.15) is 0 Å². The summed E-state index contributed by atoms with van der Waals surface area (Å²) in [6.45, 7) is 6.36. The van der Waals surface area contributed by atoms with Gasteiger partial charge in [-0.05, 0) is 51.6 Å². The van der Waals surface area contributed by atoms with Gasteiger partial charge in [-0.2, -0.15) is 0 Å². The molecule has 0 aromatic heterocycles. The second kappa shape index (κ2) is 14.4. The number of piperidine rings is 1. The van der Waals surface area contributed by atoms with Crippen molar-refractivity contribution in [3.63, 3.8) is 0 Å². The van der Waals surface area contributed by atoms with Crippen molar-refractivity contribution in [3.8, 4) is 0 Å². The number of amides is 1. The Morgan fingerprint density at radius 2 is 1.48 bits per heavy atom. The fraction of sp³-hybridized carbons (Fsp3) is 0.833. The first-order valence-corrected chi connectivity index (χ1v) is 9.63. The highest BCUT2D eigenvalue weighted by molar-refractivity contribution is 5.78. The van der Waals surface area contributed by atoms with Crippen LogP contribution in [0.3, 0.4) is 0 Å². The van der Waals surface area contributed by atoms with Crippen molar-refractivity contribution >= 4 is 18.9 Å². The van der Waals surface area contributed by atoms with Crippen LogP contribution in [0.5, 0.6) is 0 Å². The topological polar surface area (TPSA) is 119 Å². The summed E-state index contributed by atoms with van der Waals surface area (Å²) in [4.78, 5) is 33.7. The third kappa shape index (κ3) is 9.69. The first-order valence-electron chi connectivity index (χ1n) is 9.63. The summed E-state index contributed by atoms with van der Waals surface area (Å²) in [5.41, 5.74) is 0. The third-order valence-electron chi connectivity index (χ3n) is 5.17. The van der Waals surface area contributed by atoms with Crippen LogP contribution in [0.25, 0.3) is 0 Å². The molecule has 3 heterocycles. The third-order valence-corrected chi connectivity index (χ3v) is 5.17. The monoisotopic (exact) mass is 387 g/mol. The number of ether oxygens (including phenoxy) is 1. The number of hydrogen-bond donors (Lipinski definition) is 3. The molecule has 0 aromatic rings. The summed E-state index contributed by atoms with van der Waals surface area (Å²) in [5.74, 6) is 0.224. The highest BCUT2D eigenvalue weighted by Gasteiger charge is 2.27. The van der Waals surface area contributed by atoms with E-state index in [1.54, 1.807) is 0 Å². The van der Waals surface area contributed by atoms with Gasteiger partial charge in [0, 0.05) is 38.4 Å². The fourth-order valence-corrected chi connectivity index (χ4v) is 3.88. The van der Waals surface area contributed by atoms with Gasteiger partial charge in [0.2, 0.25) is 5.91 Å². The van der Waals surface area contributed by atoms with Gasteiger partial charge in [-0.25, -0.2) is 0 Å².